The van der Waals surface area contributed by atoms with E-state index in [9.17, 15) is 9.90 Å². The van der Waals surface area contributed by atoms with E-state index in [1.807, 2.05) is 15.7 Å². The maximum atomic E-state index is 12.2. The van der Waals surface area contributed by atoms with Crippen LogP contribution in [0.15, 0.2) is 30.9 Å². The molecule has 26 heavy (non-hydrogen) atoms. The Balaban J connectivity index is 1.46. The first-order valence-electron chi connectivity index (χ1n) is 8.99. The molecule has 2 aromatic rings. The zero-order valence-corrected chi connectivity index (χ0v) is 15.3. The lowest BCUT2D eigenvalue weighted by molar-refractivity contribution is -0.122. The van der Waals surface area contributed by atoms with Crippen molar-refractivity contribution in [2.75, 3.05) is 24.5 Å². The van der Waals surface area contributed by atoms with Gasteiger partial charge in [0.05, 0.1) is 6.54 Å². The predicted molar refractivity (Wildman–Crippen MR) is 97.8 cm³/mol. The van der Waals surface area contributed by atoms with Gasteiger partial charge in [-0.2, -0.15) is 0 Å². The SMILES string of the molecule is CC(C)c1nccn1CCC(=O)NCC1(O)CCN(c2ncccn2)C1. The molecule has 0 spiro atoms. The van der Waals surface area contributed by atoms with Gasteiger partial charge in [-0.25, -0.2) is 15.0 Å². The number of rotatable bonds is 7. The number of imidazole rings is 1. The number of β-amino-alcohol motifs (C(OH)–C–C–N with tert-alkyl or cyclic N) is 1. The van der Waals surface area contributed by atoms with Crippen molar-refractivity contribution in [3.05, 3.63) is 36.7 Å². The van der Waals surface area contributed by atoms with Gasteiger partial charge in [0.25, 0.3) is 0 Å². The number of aryl methyl sites for hydroxylation is 1. The van der Waals surface area contributed by atoms with Gasteiger partial charge in [0.2, 0.25) is 11.9 Å². The summed E-state index contributed by atoms with van der Waals surface area (Å²) in [6, 6.07) is 1.76. The normalized spacial score (nSPS) is 19.9. The summed E-state index contributed by atoms with van der Waals surface area (Å²) in [5, 5.41) is 13.6. The summed E-state index contributed by atoms with van der Waals surface area (Å²) in [6.45, 7) is 6.06. The quantitative estimate of drug-likeness (QED) is 0.765. The van der Waals surface area contributed by atoms with Crippen LogP contribution in [0.3, 0.4) is 0 Å². The number of hydrogen-bond donors (Lipinski definition) is 2. The van der Waals surface area contributed by atoms with Gasteiger partial charge < -0.3 is 19.9 Å². The molecule has 1 amide bonds. The molecule has 0 bridgehead atoms. The topological polar surface area (TPSA) is 96.2 Å². The van der Waals surface area contributed by atoms with Crippen LogP contribution >= 0.6 is 0 Å². The summed E-state index contributed by atoms with van der Waals surface area (Å²) in [5.41, 5.74) is -0.951. The third-order valence-corrected chi connectivity index (χ3v) is 4.63. The lowest BCUT2D eigenvalue weighted by Crippen LogP contribution is -2.45. The minimum absolute atomic E-state index is 0.0729. The molecule has 3 rings (SSSR count). The van der Waals surface area contributed by atoms with Crippen molar-refractivity contribution < 1.29 is 9.90 Å². The van der Waals surface area contributed by atoms with Crippen LogP contribution in [0.25, 0.3) is 0 Å². The Morgan fingerprint density at radius 3 is 2.81 bits per heavy atom. The van der Waals surface area contributed by atoms with E-state index < -0.39 is 5.60 Å². The Hall–Kier alpha value is -2.48. The lowest BCUT2D eigenvalue weighted by atomic mass is 10.0. The van der Waals surface area contributed by atoms with Crippen molar-refractivity contribution in [3.63, 3.8) is 0 Å². The van der Waals surface area contributed by atoms with E-state index in [2.05, 4.69) is 34.1 Å². The molecule has 1 saturated heterocycles. The molecule has 0 saturated carbocycles. The van der Waals surface area contributed by atoms with E-state index in [1.165, 1.54) is 0 Å². The molecule has 8 heteroatoms. The van der Waals surface area contributed by atoms with Crippen LogP contribution in [0.2, 0.25) is 0 Å². The maximum absolute atomic E-state index is 12.2. The zero-order chi connectivity index (χ0) is 18.6. The van der Waals surface area contributed by atoms with Crippen molar-refractivity contribution in [1.82, 2.24) is 24.8 Å². The second kappa shape index (κ2) is 7.82. The molecule has 3 heterocycles. The van der Waals surface area contributed by atoms with Gasteiger partial charge >= 0.3 is 0 Å². The van der Waals surface area contributed by atoms with Crippen LogP contribution in [0.5, 0.6) is 0 Å². The third kappa shape index (κ3) is 4.37. The fourth-order valence-electron chi connectivity index (χ4n) is 3.21. The fraction of sp³-hybridized carbons (Fsp3) is 0.556. The lowest BCUT2D eigenvalue weighted by Gasteiger charge is -2.23. The van der Waals surface area contributed by atoms with E-state index in [0.717, 1.165) is 5.82 Å². The maximum Gasteiger partial charge on any atom is 0.225 e. The first-order chi connectivity index (χ1) is 12.5. The first kappa shape index (κ1) is 18.3. The van der Waals surface area contributed by atoms with Gasteiger partial charge in [-0.1, -0.05) is 13.8 Å². The number of carbonyl (C=O) groups is 1. The number of nitrogens with zero attached hydrogens (tertiary/aromatic N) is 5. The number of aliphatic hydroxyl groups is 1. The van der Waals surface area contributed by atoms with Crippen LogP contribution in [0, 0.1) is 0 Å². The highest BCUT2D eigenvalue weighted by Crippen LogP contribution is 2.23. The van der Waals surface area contributed by atoms with E-state index >= 15 is 0 Å². The molecule has 1 aliphatic rings. The molecule has 1 unspecified atom stereocenters. The Morgan fingerprint density at radius 2 is 2.08 bits per heavy atom. The molecule has 0 radical (unpaired) electrons. The van der Waals surface area contributed by atoms with Crippen molar-refractivity contribution >= 4 is 11.9 Å². The van der Waals surface area contributed by atoms with Gasteiger partial charge in [-0.3, -0.25) is 4.79 Å². The van der Waals surface area contributed by atoms with Gasteiger partial charge in [0, 0.05) is 56.8 Å². The van der Waals surface area contributed by atoms with Crippen molar-refractivity contribution in [1.29, 1.82) is 0 Å². The summed E-state index contributed by atoms with van der Waals surface area (Å²) < 4.78 is 2.00. The predicted octanol–water partition coefficient (Wildman–Crippen LogP) is 0.944. The molecule has 140 valence electrons. The fourth-order valence-corrected chi connectivity index (χ4v) is 3.21. The van der Waals surface area contributed by atoms with Crippen LogP contribution in [-0.2, 0) is 11.3 Å². The van der Waals surface area contributed by atoms with Gasteiger partial charge in [0.1, 0.15) is 11.4 Å². The van der Waals surface area contributed by atoms with Crippen molar-refractivity contribution in [3.8, 4) is 0 Å². The molecule has 1 atom stereocenters. The average Bonchev–Trinajstić information content (AvgIpc) is 3.26. The monoisotopic (exact) mass is 358 g/mol. The van der Waals surface area contributed by atoms with E-state index in [1.54, 1.807) is 24.7 Å². The number of nitrogens with one attached hydrogen (secondary N) is 1. The van der Waals surface area contributed by atoms with Crippen molar-refractivity contribution in [2.24, 2.45) is 0 Å². The molecule has 2 aromatic heterocycles. The standard InChI is InChI=1S/C18H26N6O2/c1-14(2)16-19-8-11-23(16)9-4-15(25)22-12-18(26)5-10-24(13-18)17-20-6-3-7-21-17/h3,6-8,11,14,26H,4-5,9-10,12-13H2,1-2H3,(H,22,25). The van der Waals surface area contributed by atoms with E-state index in [-0.39, 0.29) is 12.5 Å². The highest BCUT2D eigenvalue weighted by atomic mass is 16.3. The summed E-state index contributed by atoms with van der Waals surface area (Å²) in [7, 11) is 0. The molecule has 0 aliphatic carbocycles. The number of anilines is 1. The molecule has 2 N–H and O–H groups in total. The van der Waals surface area contributed by atoms with Crippen LogP contribution in [0.1, 0.15) is 38.4 Å². The number of hydrogen-bond acceptors (Lipinski definition) is 6. The van der Waals surface area contributed by atoms with E-state index in [4.69, 9.17) is 0 Å². The molecule has 8 nitrogen and oxygen atoms in total. The van der Waals surface area contributed by atoms with Crippen LogP contribution in [0.4, 0.5) is 5.95 Å². The first-order valence-corrected chi connectivity index (χ1v) is 8.99. The van der Waals surface area contributed by atoms with Crippen LogP contribution in [-0.4, -0.2) is 55.8 Å². The highest BCUT2D eigenvalue weighted by molar-refractivity contribution is 5.75. The minimum Gasteiger partial charge on any atom is -0.386 e. The second-order valence-corrected chi connectivity index (χ2v) is 7.10. The molecular weight excluding hydrogens is 332 g/mol. The Kier molecular flexibility index (Phi) is 5.51. The molecular formula is C18H26N6O2. The summed E-state index contributed by atoms with van der Waals surface area (Å²) in [6.07, 6.45) is 7.95. The highest BCUT2D eigenvalue weighted by Gasteiger charge is 2.37. The van der Waals surface area contributed by atoms with Gasteiger partial charge in [-0.05, 0) is 12.5 Å². The molecule has 1 aliphatic heterocycles. The van der Waals surface area contributed by atoms with Crippen LogP contribution < -0.4 is 10.2 Å². The summed E-state index contributed by atoms with van der Waals surface area (Å²) >= 11 is 0. The van der Waals surface area contributed by atoms with E-state index in [0.29, 0.717) is 44.3 Å². The number of amides is 1. The van der Waals surface area contributed by atoms with Gasteiger partial charge in [0.15, 0.2) is 0 Å². The average molecular weight is 358 g/mol. The largest absolute Gasteiger partial charge is 0.386 e. The minimum atomic E-state index is -0.951. The molecule has 1 fully saturated rings. The smallest absolute Gasteiger partial charge is 0.225 e. The third-order valence-electron chi connectivity index (χ3n) is 4.63. The summed E-state index contributed by atoms with van der Waals surface area (Å²) in [4.78, 5) is 26.9. The van der Waals surface area contributed by atoms with Crippen molar-refractivity contribution in [2.45, 2.75) is 44.8 Å². The second-order valence-electron chi connectivity index (χ2n) is 7.10. The molecule has 0 aromatic carbocycles. The zero-order valence-electron chi connectivity index (χ0n) is 15.3. The van der Waals surface area contributed by atoms with Gasteiger partial charge in [-0.15, -0.1) is 0 Å². The Bertz CT molecular complexity index is 732. The summed E-state index contributed by atoms with van der Waals surface area (Å²) in [5.74, 6) is 1.83. The number of carbonyl (C=O) groups excluding carboxylic acids is 1. The Labute approximate surface area is 153 Å². The Morgan fingerprint density at radius 1 is 1.31 bits per heavy atom. The number of aromatic nitrogens is 4.